The SMILES string of the molecule is C=CCCSc1cccc(C(C)N)c1. The van der Waals surface area contributed by atoms with Crippen molar-refractivity contribution in [3.8, 4) is 0 Å². The Hall–Kier alpha value is -0.730. The minimum atomic E-state index is 0.120. The fraction of sp³-hybridized carbons (Fsp3) is 0.333. The van der Waals surface area contributed by atoms with Gasteiger partial charge in [0.2, 0.25) is 0 Å². The molecule has 2 heteroatoms. The molecule has 0 saturated heterocycles. The molecule has 0 radical (unpaired) electrons. The topological polar surface area (TPSA) is 26.0 Å². The molecule has 0 heterocycles. The van der Waals surface area contributed by atoms with Crippen LogP contribution in [0.1, 0.15) is 24.9 Å². The molecule has 1 aromatic carbocycles. The summed E-state index contributed by atoms with van der Waals surface area (Å²) in [5.41, 5.74) is 7.01. The third kappa shape index (κ3) is 3.56. The molecule has 0 aliphatic heterocycles. The summed E-state index contributed by atoms with van der Waals surface area (Å²) in [7, 11) is 0. The van der Waals surface area contributed by atoms with Crippen molar-refractivity contribution >= 4 is 11.8 Å². The Labute approximate surface area is 90.4 Å². The van der Waals surface area contributed by atoms with Crippen LogP contribution in [-0.4, -0.2) is 5.75 Å². The van der Waals surface area contributed by atoms with Crippen LogP contribution < -0.4 is 5.73 Å². The number of hydrogen-bond acceptors (Lipinski definition) is 2. The van der Waals surface area contributed by atoms with Gasteiger partial charge in [-0.3, -0.25) is 0 Å². The van der Waals surface area contributed by atoms with Crippen molar-refractivity contribution in [2.24, 2.45) is 5.73 Å². The van der Waals surface area contributed by atoms with E-state index >= 15 is 0 Å². The predicted octanol–water partition coefficient (Wildman–Crippen LogP) is 3.37. The Morgan fingerprint density at radius 3 is 3.00 bits per heavy atom. The molecule has 0 saturated carbocycles. The molecule has 0 aromatic heterocycles. The van der Waals surface area contributed by atoms with Crippen LogP contribution in [0.4, 0.5) is 0 Å². The second-order valence-electron chi connectivity index (χ2n) is 3.29. The van der Waals surface area contributed by atoms with E-state index in [1.54, 1.807) is 0 Å². The van der Waals surface area contributed by atoms with E-state index in [1.165, 1.54) is 10.5 Å². The largest absolute Gasteiger partial charge is 0.324 e. The van der Waals surface area contributed by atoms with E-state index in [0.29, 0.717) is 0 Å². The highest BCUT2D eigenvalue weighted by Gasteiger charge is 2.00. The van der Waals surface area contributed by atoms with Crippen LogP contribution in [0.25, 0.3) is 0 Å². The van der Waals surface area contributed by atoms with Gasteiger partial charge < -0.3 is 5.73 Å². The predicted molar refractivity (Wildman–Crippen MR) is 64.6 cm³/mol. The van der Waals surface area contributed by atoms with Gasteiger partial charge in [0, 0.05) is 16.7 Å². The Morgan fingerprint density at radius 2 is 2.36 bits per heavy atom. The Kier molecular flexibility index (Phi) is 4.77. The summed E-state index contributed by atoms with van der Waals surface area (Å²) < 4.78 is 0. The van der Waals surface area contributed by atoms with Crippen molar-refractivity contribution in [2.75, 3.05) is 5.75 Å². The average Bonchev–Trinajstić information content (AvgIpc) is 2.19. The molecular weight excluding hydrogens is 190 g/mol. The first-order valence-corrected chi connectivity index (χ1v) is 5.82. The Bertz CT molecular complexity index is 294. The molecule has 1 nitrogen and oxygen atoms in total. The Balaban J connectivity index is 2.59. The normalized spacial score (nSPS) is 12.4. The summed E-state index contributed by atoms with van der Waals surface area (Å²) in [6.07, 6.45) is 3.00. The number of hydrogen-bond donors (Lipinski definition) is 1. The molecule has 0 fully saturated rings. The quantitative estimate of drug-likeness (QED) is 0.455. The zero-order valence-electron chi connectivity index (χ0n) is 8.57. The van der Waals surface area contributed by atoms with Crippen LogP contribution in [0.15, 0.2) is 41.8 Å². The van der Waals surface area contributed by atoms with E-state index in [0.717, 1.165) is 12.2 Å². The van der Waals surface area contributed by atoms with E-state index in [-0.39, 0.29) is 6.04 Å². The third-order valence-corrected chi connectivity index (χ3v) is 3.00. The van der Waals surface area contributed by atoms with Gasteiger partial charge in [-0.25, -0.2) is 0 Å². The van der Waals surface area contributed by atoms with Crippen LogP contribution >= 0.6 is 11.8 Å². The minimum Gasteiger partial charge on any atom is -0.324 e. The van der Waals surface area contributed by atoms with Gasteiger partial charge >= 0.3 is 0 Å². The van der Waals surface area contributed by atoms with Gasteiger partial charge in [-0.1, -0.05) is 18.2 Å². The van der Waals surface area contributed by atoms with Crippen molar-refractivity contribution in [3.05, 3.63) is 42.5 Å². The smallest absolute Gasteiger partial charge is 0.0266 e. The van der Waals surface area contributed by atoms with Gasteiger partial charge in [-0.15, -0.1) is 18.3 Å². The van der Waals surface area contributed by atoms with Crippen molar-refractivity contribution in [1.82, 2.24) is 0 Å². The molecule has 0 spiro atoms. The maximum absolute atomic E-state index is 5.81. The summed E-state index contributed by atoms with van der Waals surface area (Å²) >= 11 is 1.85. The van der Waals surface area contributed by atoms with E-state index < -0.39 is 0 Å². The fourth-order valence-corrected chi connectivity index (χ4v) is 2.06. The zero-order chi connectivity index (χ0) is 10.4. The summed E-state index contributed by atoms with van der Waals surface area (Å²) in [4.78, 5) is 1.29. The number of thioether (sulfide) groups is 1. The van der Waals surface area contributed by atoms with Gasteiger partial charge in [0.05, 0.1) is 0 Å². The summed E-state index contributed by atoms with van der Waals surface area (Å²) in [5.74, 6) is 1.09. The van der Waals surface area contributed by atoms with Crippen LogP contribution in [-0.2, 0) is 0 Å². The standard InChI is InChI=1S/C12H17NS/c1-3-4-8-14-12-7-5-6-11(9-12)10(2)13/h3,5-7,9-10H,1,4,8,13H2,2H3. The first-order chi connectivity index (χ1) is 6.74. The van der Waals surface area contributed by atoms with Crippen LogP contribution in [0, 0.1) is 0 Å². The van der Waals surface area contributed by atoms with Crippen LogP contribution in [0.5, 0.6) is 0 Å². The highest BCUT2D eigenvalue weighted by molar-refractivity contribution is 7.99. The highest BCUT2D eigenvalue weighted by Crippen LogP contribution is 2.22. The first-order valence-electron chi connectivity index (χ1n) is 4.83. The molecule has 14 heavy (non-hydrogen) atoms. The van der Waals surface area contributed by atoms with E-state index in [1.807, 2.05) is 24.8 Å². The molecule has 76 valence electrons. The van der Waals surface area contributed by atoms with Crippen LogP contribution in [0.2, 0.25) is 0 Å². The second-order valence-corrected chi connectivity index (χ2v) is 4.46. The van der Waals surface area contributed by atoms with Crippen molar-refractivity contribution < 1.29 is 0 Å². The molecule has 1 rings (SSSR count). The molecule has 1 atom stereocenters. The fourth-order valence-electron chi connectivity index (χ4n) is 1.15. The lowest BCUT2D eigenvalue weighted by molar-refractivity contribution is 0.815. The second kappa shape index (κ2) is 5.89. The molecule has 0 aliphatic rings. The van der Waals surface area contributed by atoms with E-state index in [2.05, 4.69) is 30.8 Å². The zero-order valence-corrected chi connectivity index (χ0v) is 9.39. The van der Waals surface area contributed by atoms with Gasteiger partial charge in [-0.2, -0.15) is 0 Å². The first kappa shape index (κ1) is 11.3. The maximum Gasteiger partial charge on any atom is 0.0266 e. The van der Waals surface area contributed by atoms with Crippen LogP contribution in [0.3, 0.4) is 0 Å². The average molecular weight is 207 g/mol. The van der Waals surface area contributed by atoms with E-state index in [9.17, 15) is 0 Å². The van der Waals surface area contributed by atoms with Crippen molar-refractivity contribution in [3.63, 3.8) is 0 Å². The van der Waals surface area contributed by atoms with Gasteiger partial charge in [-0.05, 0) is 31.0 Å². The highest BCUT2D eigenvalue weighted by atomic mass is 32.2. The number of benzene rings is 1. The van der Waals surface area contributed by atoms with Crippen molar-refractivity contribution in [1.29, 1.82) is 0 Å². The minimum absolute atomic E-state index is 0.120. The number of nitrogens with two attached hydrogens (primary N) is 1. The third-order valence-electron chi connectivity index (χ3n) is 1.97. The molecule has 1 unspecified atom stereocenters. The lowest BCUT2D eigenvalue weighted by atomic mass is 10.1. The van der Waals surface area contributed by atoms with E-state index in [4.69, 9.17) is 5.73 Å². The molecule has 0 bridgehead atoms. The Morgan fingerprint density at radius 1 is 1.57 bits per heavy atom. The summed E-state index contributed by atoms with van der Waals surface area (Å²) in [6, 6.07) is 8.55. The lowest BCUT2D eigenvalue weighted by Crippen LogP contribution is -2.04. The van der Waals surface area contributed by atoms with Crippen molar-refractivity contribution in [2.45, 2.75) is 24.3 Å². The maximum atomic E-state index is 5.81. The molecule has 0 amide bonds. The molecule has 2 N–H and O–H groups in total. The molecular formula is C12H17NS. The summed E-state index contributed by atoms with van der Waals surface area (Å²) in [5, 5.41) is 0. The number of allylic oxidation sites excluding steroid dienone is 1. The summed E-state index contributed by atoms with van der Waals surface area (Å²) in [6.45, 7) is 5.71. The number of rotatable bonds is 5. The van der Waals surface area contributed by atoms with Gasteiger partial charge in [0.15, 0.2) is 0 Å². The lowest BCUT2D eigenvalue weighted by Gasteiger charge is -2.07. The molecule has 0 aliphatic carbocycles. The monoisotopic (exact) mass is 207 g/mol. The molecule has 1 aromatic rings. The van der Waals surface area contributed by atoms with Gasteiger partial charge in [0.1, 0.15) is 0 Å². The van der Waals surface area contributed by atoms with Gasteiger partial charge in [0.25, 0.3) is 0 Å².